The first kappa shape index (κ1) is 25.8. The Kier molecular flexibility index (Phi) is 12.4. The van der Waals surface area contributed by atoms with Gasteiger partial charge in [-0.25, -0.2) is 0 Å². The fourth-order valence-electron chi connectivity index (χ4n) is 2.65. The lowest BCUT2D eigenvalue weighted by molar-refractivity contribution is 0.191. The molecule has 0 aliphatic rings. The molecule has 0 bridgehead atoms. The van der Waals surface area contributed by atoms with Crippen LogP contribution in [0.3, 0.4) is 0 Å². The molecule has 162 valence electrons. The van der Waals surface area contributed by atoms with Crippen molar-refractivity contribution in [2.45, 2.75) is 25.9 Å². The second kappa shape index (κ2) is 13.9. The van der Waals surface area contributed by atoms with E-state index in [4.69, 9.17) is 21.1 Å². The Morgan fingerprint density at radius 2 is 1.93 bits per heavy atom. The van der Waals surface area contributed by atoms with E-state index in [-0.39, 0.29) is 30.5 Å². The quantitative estimate of drug-likeness (QED) is 0.177. The minimum absolute atomic E-state index is 0. The van der Waals surface area contributed by atoms with Gasteiger partial charge >= 0.3 is 0 Å². The highest BCUT2D eigenvalue weighted by Gasteiger charge is 2.10. The van der Waals surface area contributed by atoms with E-state index in [1.807, 2.05) is 31.2 Å². The Morgan fingerprint density at radius 1 is 1.17 bits per heavy atom. The Hall–Kier alpha value is -1.23. The van der Waals surface area contributed by atoms with E-state index in [1.54, 1.807) is 20.3 Å². The molecule has 0 saturated carbocycles. The molecular weight excluding hydrogens is 525 g/mol. The van der Waals surface area contributed by atoms with Crippen LogP contribution in [0.15, 0.2) is 35.3 Å². The molecule has 1 aromatic heterocycles. The molecule has 0 aliphatic carbocycles. The zero-order chi connectivity index (χ0) is 20.4. The first-order chi connectivity index (χ1) is 13.6. The van der Waals surface area contributed by atoms with Crippen molar-refractivity contribution >= 4 is 52.9 Å². The van der Waals surface area contributed by atoms with Gasteiger partial charge in [-0.1, -0.05) is 17.7 Å². The predicted octanol–water partition coefficient (Wildman–Crippen LogP) is 4.26. The summed E-state index contributed by atoms with van der Waals surface area (Å²) in [6.45, 7) is 3.81. The zero-order valence-electron chi connectivity index (χ0n) is 16.9. The zero-order valence-corrected chi connectivity index (χ0v) is 20.8. The molecule has 3 N–H and O–H groups in total. The van der Waals surface area contributed by atoms with Crippen LogP contribution >= 0.6 is 46.9 Å². The normalized spacial score (nSPS) is 12.1. The summed E-state index contributed by atoms with van der Waals surface area (Å²) in [5.74, 6) is 2.17. The van der Waals surface area contributed by atoms with Crippen LogP contribution in [0.25, 0.3) is 0 Å². The minimum atomic E-state index is -0.653. The summed E-state index contributed by atoms with van der Waals surface area (Å²) in [5, 5.41) is 16.7. The topological polar surface area (TPSA) is 75.1 Å². The maximum Gasteiger partial charge on any atom is 0.191 e. The van der Waals surface area contributed by atoms with Crippen molar-refractivity contribution in [2.24, 2.45) is 4.99 Å². The van der Waals surface area contributed by atoms with Crippen molar-refractivity contribution in [1.29, 1.82) is 0 Å². The maximum atomic E-state index is 10.2. The number of ether oxygens (including phenoxy) is 2. The monoisotopic (exact) mass is 553 g/mol. The molecule has 1 aromatic carbocycles. The molecule has 29 heavy (non-hydrogen) atoms. The summed E-state index contributed by atoms with van der Waals surface area (Å²) in [4.78, 5) is 5.28. The Labute approximate surface area is 198 Å². The largest absolute Gasteiger partial charge is 0.493 e. The number of aliphatic hydroxyl groups excluding tert-OH is 1. The van der Waals surface area contributed by atoms with E-state index in [1.165, 1.54) is 16.9 Å². The third-order valence-electron chi connectivity index (χ3n) is 4.07. The third-order valence-corrected chi connectivity index (χ3v) is 5.40. The molecule has 9 heteroatoms. The van der Waals surface area contributed by atoms with Crippen LogP contribution < -0.4 is 20.1 Å². The smallest absolute Gasteiger partial charge is 0.191 e. The van der Waals surface area contributed by atoms with Gasteiger partial charge in [0.2, 0.25) is 0 Å². The summed E-state index contributed by atoms with van der Waals surface area (Å²) in [6, 6.07) is 9.58. The predicted molar refractivity (Wildman–Crippen MR) is 132 cm³/mol. The first-order valence-electron chi connectivity index (χ1n) is 9.23. The molecule has 0 fully saturated rings. The summed E-state index contributed by atoms with van der Waals surface area (Å²) in [7, 11) is 3.27. The van der Waals surface area contributed by atoms with Crippen LogP contribution in [0.4, 0.5) is 0 Å². The fraction of sp³-hybridized carbons (Fsp3) is 0.450. The Bertz CT molecular complexity index is 773. The first-order valence-corrected chi connectivity index (χ1v) is 10.4. The van der Waals surface area contributed by atoms with Crippen LogP contribution in [-0.2, 0) is 6.42 Å². The number of methoxy groups -OCH3 is 2. The van der Waals surface area contributed by atoms with E-state index >= 15 is 0 Å². The summed E-state index contributed by atoms with van der Waals surface area (Å²) in [5.41, 5.74) is 1.19. The number of aliphatic hydroxyl groups is 1. The lowest BCUT2D eigenvalue weighted by atomic mass is 10.1. The number of nitrogens with zero attached hydrogens (tertiary/aromatic N) is 1. The lowest BCUT2D eigenvalue weighted by Crippen LogP contribution is -2.38. The number of guanidine groups is 1. The van der Waals surface area contributed by atoms with Gasteiger partial charge in [0.25, 0.3) is 0 Å². The number of benzene rings is 1. The van der Waals surface area contributed by atoms with Gasteiger partial charge in [-0.05, 0) is 49.6 Å². The summed E-state index contributed by atoms with van der Waals surface area (Å²) < 4.78 is 11.3. The number of halogens is 2. The van der Waals surface area contributed by atoms with Crippen molar-refractivity contribution in [1.82, 2.24) is 10.6 Å². The van der Waals surface area contributed by atoms with E-state index in [0.29, 0.717) is 10.3 Å². The van der Waals surface area contributed by atoms with Gasteiger partial charge in [0.1, 0.15) is 6.10 Å². The van der Waals surface area contributed by atoms with Crippen molar-refractivity contribution in [3.05, 3.63) is 45.1 Å². The van der Waals surface area contributed by atoms with Crippen LogP contribution in [-0.4, -0.2) is 44.9 Å². The number of hydrogen-bond acceptors (Lipinski definition) is 5. The standard InChI is InChI=1S/C20H28ClN3O3S.HI/c1-4-22-20(24-13-15(25)18-9-10-19(21)28-18)23-11-5-6-14-7-8-16(26-2)17(12-14)27-3;/h7-10,12,15,25H,4-6,11,13H2,1-3H3,(H2,22,23,24);1H. The molecule has 6 nitrogen and oxygen atoms in total. The molecule has 2 aromatic rings. The van der Waals surface area contributed by atoms with Crippen LogP contribution in [0.5, 0.6) is 11.5 Å². The average molecular weight is 554 g/mol. The fourth-order valence-corrected chi connectivity index (χ4v) is 3.69. The third kappa shape index (κ3) is 8.57. The second-order valence-corrected chi connectivity index (χ2v) is 7.84. The molecule has 2 rings (SSSR count). The Balaban J connectivity index is 0.00000420. The van der Waals surface area contributed by atoms with Gasteiger partial charge in [0, 0.05) is 18.0 Å². The molecule has 1 atom stereocenters. The van der Waals surface area contributed by atoms with Crippen LogP contribution in [0.2, 0.25) is 4.34 Å². The number of rotatable bonds is 10. The SMILES string of the molecule is CCNC(=NCC(O)c1ccc(Cl)s1)NCCCc1ccc(OC)c(OC)c1.I. The average Bonchev–Trinajstić information content (AvgIpc) is 3.15. The molecular formula is C20H29ClIN3O3S. The van der Waals surface area contributed by atoms with Gasteiger partial charge in [-0.3, -0.25) is 4.99 Å². The Morgan fingerprint density at radius 3 is 2.55 bits per heavy atom. The van der Waals surface area contributed by atoms with E-state index in [2.05, 4.69) is 15.6 Å². The molecule has 0 radical (unpaired) electrons. The lowest BCUT2D eigenvalue weighted by Gasteiger charge is -2.13. The van der Waals surface area contributed by atoms with Crippen molar-refractivity contribution in [2.75, 3.05) is 33.9 Å². The molecule has 1 heterocycles. The highest BCUT2D eigenvalue weighted by Crippen LogP contribution is 2.28. The van der Waals surface area contributed by atoms with Gasteiger partial charge in [0.15, 0.2) is 17.5 Å². The van der Waals surface area contributed by atoms with Crippen molar-refractivity contribution in [3.63, 3.8) is 0 Å². The summed E-state index contributed by atoms with van der Waals surface area (Å²) >= 11 is 7.29. The van der Waals surface area contributed by atoms with E-state index in [0.717, 1.165) is 42.3 Å². The van der Waals surface area contributed by atoms with Gasteiger partial charge < -0.3 is 25.2 Å². The number of aliphatic imine (C=N–C) groups is 1. The number of aryl methyl sites for hydroxylation is 1. The van der Waals surface area contributed by atoms with Gasteiger partial charge in [-0.15, -0.1) is 35.3 Å². The van der Waals surface area contributed by atoms with Crippen LogP contribution in [0.1, 0.15) is 29.9 Å². The van der Waals surface area contributed by atoms with Gasteiger partial charge in [0.05, 0.1) is 25.1 Å². The van der Waals surface area contributed by atoms with E-state index < -0.39 is 6.10 Å². The van der Waals surface area contributed by atoms with Gasteiger partial charge in [-0.2, -0.15) is 0 Å². The summed E-state index contributed by atoms with van der Waals surface area (Å²) in [6.07, 6.45) is 1.19. The highest BCUT2D eigenvalue weighted by molar-refractivity contribution is 14.0. The molecule has 0 saturated heterocycles. The second-order valence-electron chi connectivity index (χ2n) is 6.10. The highest BCUT2D eigenvalue weighted by atomic mass is 127. The molecule has 1 unspecified atom stereocenters. The number of hydrogen-bond donors (Lipinski definition) is 3. The molecule has 0 aliphatic heterocycles. The van der Waals surface area contributed by atoms with Crippen molar-refractivity contribution in [3.8, 4) is 11.5 Å². The number of nitrogens with one attached hydrogen (secondary N) is 2. The minimum Gasteiger partial charge on any atom is -0.493 e. The van der Waals surface area contributed by atoms with Crippen molar-refractivity contribution < 1.29 is 14.6 Å². The van der Waals surface area contributed by atoms with Crippen LogP contribution in [0, 0.1) is 0 Å². The van der Waals surface area contributed by atoms with E-state index in [9.17, 15) is 5.11 Å². The molecule has 0 amide bonds. The molecule has 0 spiro atoms. The maximum absolute atomic E-state index is 10.2. The number of thiophene rings is 1.